The van der Waals surface area contributed by atoms with E-state index in [1.807, 2.05) is 13.0 Å². The standard InChI is InChI=1S/C14H23NO/c1-5-12(6-2)15-14-9-8-13(16-7-3)10-11(14)4/h8-10,12,15H,5-7H2,1-4H3. The number of aryl methyl sites for hydroxylation is 1. The van der Waals surface area contributed by atoms with Crippen molar-refractivity contribution in [2.45, 2.75) is 46.6 Å². The van der Waals surface area contributed by atoms with Gasteiger partial charge in [0, 0.05) is 11.7 Å². The Balaban J connectivity index is 2.74. The summed E-state index contributed by atoms with van der Waals surface area (Å²) in [6.07, 6.45) is 2.31. The number of anilines is 1. The predicted octanol–water partition coefficient (Wildman–Crippen LogP) is 3.99. The van der Waals surface area contributed by atoms with Crippen molar-refractivity contribution in [2.24, 2.45) is 0 Å². The number of hydrogen-bond acceptors (Lipinski definition) is 2. The second-order valence-corrected chi connectivity index (χ2v) is 4.07. The first-order valence-electron chi connectivity index (χ1n) is 6.21. The van der Waals surface area contributed by atoms with E-state index in [1.165, 1.54) is 11.3 Å². The molecule has 0 atom stereocenters. The van der Waals surface area contributed by atoms with Crippen LogP contribution in [0.15, 0.2) is 18.2 Å². The molecule has 0 saturated carbocycles. The second-order valence-electron chi connectivity index (χ2n) is 4.07. The van der Waals surface area contributed by atoms with Crippen molar-refractivity contribution >= 4 is 5.69 Å². The first-order valence-corrected chi connectivity index (χ1v) is 6.21. The smallest absolute Gasteiger partial charge is 0.119 e. The van der Waals surface area contributed by atoms with Gasteiger partial charge in [-0.05, 0) is 50.5 Å². The van der Waals surface area contributed by atoms with E-state index >= 15 is 0 Å². The van der Waals surface area contributed by atoms with E-state index in [-0.39, 0.29) is 0 Å². The highest BCUT2D eigenvalue weighted by Crippen LogP contribution is 2.22. The predicted molar refractivity (Wildman–Crippen MR) is 70.3 cm³/mol. The third kappa shape index (κ3) is 3.44. The molecule has 2 heteroatoms. The average Bonchev–Trinajstić information content (AvgIpc) is 2.29. The zero-order valence-corrected chi connectivity index (χ0v) is 10.8. The third-order valence-corrected chi connectivity index (χ3v) is 2.85. The molecule has 0 radical (unpaired) electrons. The largest absolute Gasteiger partial charge is 0.494 e. The van der Waals surface area contributed by atoms with Crippen LogP contribution in [0.3, 0.4) is 0 Å². The molecule has 0 heterocycles. The molecule has 0 bridgehead atoms. The summed E-state index contributed by atoms with van der Waals surface area (Å²) >= 11 is 0. The molecule has 0 spiro atoms. The minimum atomic E-state index is 0.566. The van der Waals surface area contributed by atoms with Gasteiger partial charge < -0.3 is 10.1 Å². The summed E-state index contributed by atoms with van der Waals surface area (Å²) in [6.45, 7) is 9.27. The first-order chi connectivity index (χ1) is 7.71. The average molecular weight is 221 g/mol. The number of hydrogen-bond donors (Lipinski definition) is 1. The maximum Gasteiger partial charge on any atom is 0.119 e. The number of nitrogens with one attached hydrogen (secondary N) is 1. The van der Waals surface area contributed by atoms with Crippen molar-refractivity contribution in [1.29, 1.82) is 0 Å². The molecule has 0 aliphatic rings. The Bertz CT molecular complexity index is 319. The number of benzene rings is 1. The van der Waals surface area contributed by atoms with E-state index in [0.29, 0.717) is 6.04 Å². The summed E-state index contributed by atoms with van der Waals surface area (Å²) in [6, 6.07) is 6.80. The lowest BCUT2D eigenvalue weighted by Crippen LogP contribution is -2.17. The molecule has 16 heavy (non-hydrogen) atoms. The van der Waals surface area contributed by atoms with E-state index < -0.39 is 0 Å². The van der Waals surface area contributed by atoms with Crippen molar-refractivity contribution < 1.29 is 4.74 Å². The van der Waals surface area contributed by atoms with Crippen LogP contribution in [0, 0.1) is 6.92 Å². The minimum absolute atomic E-state index is 0.566. The van der Waals surface area contributed by atoms with Gasteiger partial charge >= 0.3 is 0 Å². The molecule has 2 nitrogen and oxygen atoms in total. The zero-order chi connectivity index (χ0) is 12.0. The Morgan fingerprint density at radius 2 is 1.88 bits per heavy atom. The molecule has 0 aliphatic carbocycles. The summed E-state index contributed by atoms with van der Waals surface area (Å²) in [7, 11) is 0. The summed E-state index contributed by atoms with van der Waals surface area (Å²) in [5.41, 5.74) is 2.47. The monoisotopic (exact) mass is 221 g/mol. The third-order valence-electron chi connectivity index (χ3n) is 2.85. The molecule has 1 aromatic rings. The van der Waals surface area contributed by atoms with Crippen LogP contribution in [0.25, 0.3) is 0 Å². The van der Waals surface area contributed by atoms with Crippen LogP contribution in [0.2, 0.25) is 0 Å². The van der Waals surface area contributed by atoms with E-state index in [9.17, 15) is 0 Å². The van der Waals surface area contributed by atoms with Crippen LogP contribution in [0.5, 0.6) is 5.75 Å². The molecular weight excluding hydrogens is 198 g/mol. The fraction of sp³-hybridized carbons (Fsp3) is 0.571. The summed E-state index contributed by atoms with van der Waals surface area (Å²) in [5.74, 6) is 0.954. The highest BCUT2D eigenvalue weighted by molar-refractivity contribution is 5.54. The molecule has 0 aliphatic heterocycles. The minimum Gasteiger partial charge on any atom is -0.494 e. The summed E-state index contributed by atoms with van der Waals surface area (Å²) in [5, 5.41) is 3.56. The van der Waals surface area contributed by atoms with Crippen LogP contribution in [0.4, 0.5) is 5.69 Å². The van der Waals surface area contributed by atoms with Crippen LogP contribution in [-0.4, -0.2) is 12.6 Å². The van der Waals surface area contributed by atoms with Gasteiger partial charge in [0.15, 0.2) is 0 Å². The van der Waals surface area contributed by atoms with Gasteiger partial charge in [0.05, 0.1) is 6.61 Å². The van der Waals surface area contributed by atoms with Crippen molar-refractivity contribution in [1.82, 2.24) is 0 Å². The Labute approximate surface area is 99.0 Å². The van der Waals surface area contributed by atoms with Crippen molar-refractivity contribution in [3.05, 3.63) is 23.8 Å². The Morgan fingerprint density at radius 1 is 1.19 bits per heavy atom. The lowest BCUT2D eigenvalue weighted by atomic mass is 10.1. The maximum atomic E-state index is 5.47. The molecule has 1 aromatic carbocycles. The number of ether oxygens (including phenoxy) is 1. The topological polar surface area (TPSA) is 21.3 Å². The fourth-order valence-corrected chi connectivity index (χ4v) is 1.77. The van der Waals surface area contributed by atoms with E-state index in [1.54, 1.807) is 0 Å². The lowest BCUT2D eigenvalue weighted by molar-refractivity contribution is 0.340. The van der Waals surface area contributed by atoms with Crippen LogP contribution < -0.4 is 10.1 Å². The van der Waals surface area contributed by atoms with Gasteiger partial charge in [-0.1, -0.05) is 13.8 Å². The van der Waals surface area contributed by atoms with Crippen molar-refractivity contribution in [3.63, 3.8) is 0 Å². The molecule has 1 rings (SSSR count). The SMILES string of the molecule is CCOc1ccc(NC(CC)CC)c(C)c1. The van der Waals surface area contributed by atoms with Gasteiger partial charge in [0.25, 0.3) is 0 Å². The highest BCUT2D eigenvalue weighted by atomic mass is 16.5. The first kappa shape index (κ1) is 12.9. The Morgan fingerprint density at radius 3 is 2.38 bits per heavy atom. The molecule has 1 N–H and O–H groups in total. The van der Waals surface area contributed by atoms with Gasteiger partial charge in [-0.3, -0.25) is 0 Å². The van der Waals surface area contributed by atoms with E-state index in [0.717, 1.165) is 25.2 Å². The molecule has 0 amide bonds. The van der Waals surface area contributed by atoms with Crippen molar-refractivity contribution in [2.75, 3.05) is 11.9 Å². The lowest BCUT2D eigenvalue weighted by Gasteiger charge is -2.18. The zero-order valence-electron chi connectivity index (χ0n) is 10.8. The van der Waals surface area contributed by atoms with Gasteiger partial charge in [-0.25, -0.2) is 0 Å². The van der Waals surface area contributed by atoms with Crippen molar-refractivity contribution in [3.8, 4) is 5.75 Å². The molecule has 90 valence electrons. The second kappa shape index (κ2) is 6.41. The molecular formula is C14H23NO. The summed E-state index contributed by atoms with van der Waals surface area (Å²) in [4.78, 5) is 0. The highest BCUT2D eigenvalue weighted by Gasteiger charge is 2.05. The fourth-order valence-electron chi connectivity index (χ4n) is 1.77. The van der Waals surface area contributed by atoms with E-state index in [4.69, 9.17) is 4.74 Å². The van der Waals surface area contributed by atoms with Crippen LogP contribution in [-0.2, 0) is 0 Å². The number of rotatable bonds is 6. The maximum absolute atomic E-state index is 5.47. The summed E-state index contributed by atoms with van der Waals surface area (Å²) < 4.78 is 5.47. The molecule has 0 unspecified atom stereocenters. The van der Waals surface area contributed by atoms with Gasteiger partial charge in [0.2, 0.25) is 0 Å². The van der Waals surface area contributed by atoms with Gasteiger partial charge in [0.1, 0.15) is 5.75 Å². The van der Waals surface area contributed by atoms with Crippen LogP contribution >= 0.6 is 0 Å². The van der Waals surface area contributed by atoms with Gasteiger partial charge in [-0.15, -0.1) is 0 Å². The van der Waals surface area contributed by atoms with Gasteiger partial charge in [-0.2, -0.15) is 0 Å². The molecule has 0 fully saturated rings. The Hall–Kier alpha value is -1.18. The molecule has 0 aromatic heterocycles. The Kier molecular flexibility index (Phi) is 5.17. The quantitative estimate of drug-likeness (QED) is 0.784. The van der Waals surface area contributed by atoms with E-state index in [2.05, 4.69) is 38.2 Å². The molecule has 0 saturated heterocycles. The normalized spacial score (nSPS) is 10.6. The van der Waals surface area contributed by atoms with Crippen LogP contribution in [0.1, 0.15) is 39.2 Å².